The Morgan fingerprint density at radius 3 is 1.81 bits per heavy atom. The van der Waals surface area contributed by atoms with Crippen molar-refractivity contribution in [1.82, 2.24) is 4.90 Å². The van der Waals surface area contributed by atoms with Gasteiger partial charge in [-0.2, -0.15) is 0 Å². The Morgan fingerprint density at radius 1 is 0.846 bits per heavy atom. The molecular weight excluding hydrogens is 330 g/mol. The lowest BCUT2D eigenvalue weighted by atomic mass is 9.88. The first-order valence-corrected chi connectivity index (χ1v) is 9.62. The van der Waals surface area contributed by atoms with Gasteiger partial charge in [0.2, 0.25) is 0 Å². The third kappa shape index (κ3) is 4.89. The zero-order valence-corrected chi connectivity index (χ0v) is 15.2. The zero-order valence-electron chi connectivity index (χ0n) is 15.2. The molecule has 1 aliphatic heterocycles. The van der Waals surface area contributed by atoms with E-state index in [9.17, 15) is 8.78 Å². The number of unbranched alkanes of at least 4 members (excludes halogenated alkanes) is 1. The summed E-state index contributed by atoms with van der Waals surface area (Å²) in [6, 6.07) is 13.4. The summed E-state index contributed by atoms with van der Waals surface area (Å²) in [6.07, 6.45) is 5.91. The van der Waals surface area contributed by atoms with Gasteiger partial charge in [-0.1, -0.05) is 37.1 Å². The molecule has 0 aliphatic carbocycles. The fraction of sp³-hybridized carbons (Fsp3) is 0.455. The molecule has 2 aromatic rings. The number of benzene rings is 2. The number of likely N-dealkylation sites (tertiary alicyclic amines) is 1. The number of hydrogen-bond donors (Lipinski definition) is 1. The Hall–Kier alpha value is -1.78. The van der Waals surface area contributed by atoms with Gasteiger partial charge in [-0.25, -0.2) is 8.78 Å². The van der Waals surface area contributed by atoms with Crippen LogP contribution in [-0.4, -0.2) is 24.5 Å². The van der Waals surface area contributed by atoms with E-state index in [2.05, 4.69) is 4.90 Å². The molecule has 0 radical (unpaired) electrons. The minimum atomic E-state index is -0.231. The van der Waals surface area contributed by atoms with Gasteiger partial charge >= 0.3 is 0 Å². The van der Waals surface area contributed by atoms with Crippen LogP contribution < -0.4 is 5.73 Å². The predicted octanol–water partition coefficient (Wildman–Crippen LogP) is 4.90. The minimum Gasteiger partial charge on any atom is -0.330 e. The van der Waals surface area contributed by atoms with Gasteiger partial charge in [-0.3, -0.25) is 4.90 Å². The van der Waals surface area contributed by atoms with E-state index in [-0.39, 0.29) is 17.7 Å². The minimum absolute atomic E-state index is 0.0428. The molecule has 0 amide bonds. The largest absolute Gasteiger partial charge is 0.330 e. The van der Waals surface area contributed by atoms with E-state index in [0.29, 0.717) is 0 Å². The molecule has 0 atom stereocenters. The number of halogens is 2. The molecule has 140 valence electrons. The summed E-state index contributed by atoms with van der Waals surface area (Å²) in [7, 11) is 0. The van der Waals surface area contributed by atoms with Crippen molar-refractivity contribution in [3.05, 3.63) is 71.3 Å². The van der Waals surface area contributed by atoms with Gasteiger partial charge in [0.15, 0.2) is 0 Å². The highest BCUT2D eigenvalue weighted by Crippen LogP contribution is 2.33. The Balaban J connectivity index is 1.74. The summed E-state index contributed by atoms with van der Waals surface area (Å²) in [4.78, 5) is 2.44. The second-order valence-electron chi connectivity index (χ2n) is 7.27. The van der Waals surface area contributed by atoms with Crippen molar-refractivity contribution in [1.29, 1.82) is 0 Å². The first-order valence-electron chi connectivity index (χ1n) is 9.62. The smallest absolute Gasteiger partial charge is 0.123 e. The van der Waals surface area contributed by atoms with Gasteiger partial charge < -0.3 is 5.73 Å². The third-order valence-corrected chi connectivity index (χ3v) is 5.45. The van der Waals surface area contributed by atoms with Gasteiger partial charge in [0.25, 0.3) is 0 Å². The van der Waals surface area contributed by atoms with Gasteiger partial charge in [-0.15, -0.1) is 0 Å². The van der Waals surface area contributed by atoms with Crippen LogP contribution >= 0.6 is 0 Å². The average molecular weight is 358 g/mol. The number of hydrogen-bond acceptors (Lipinski definition) is 2. The van der Waals surface area contributed by atoms with E-state index in [1.54, 1.807) is 0 Å². The summed E-state index contributed by atoms with van der Waals surface area (Å²) in [5.74, 6) is 0.301. The third-order valence-electron chi connectivity index (χ3n) is 5.45. The number of piperidine rings is 1. The van der Waals surface area contributed by atoms with Crippen molar-refractivity contribution in [2.24, 2.45) is 11.7 Å². The molecule has 26 heavy (non-hydrogen) atoms. The molecule has 0 bridgehead atoms. The molecule has 1 fully saturated rings. The lowest BCUT2D eigenvalue weighted by molar-refractivity contribution is 0.146. The van der Waals surface area contributed by atoms with Crippen LogP contribution in [0.2, 0.25) is 0 Å². The Bertz CT molecular complexity index is 616. The van der Waals surface area contributed by atoms with Crippen LogP contribution in [0.4, 0.5) is 8.78 Å². The Kier molecular flexibility index (Phi) is 6.75. The highest BCUT2D eigenvalue weighted by molar-refractivity contribution is 5.32. The molecule has 1 heterocycles. The molecule has 2 nitrogen and oxygen atoms in total. The van der Waals surface area contributed by atoms with Gasteiger partial charge in [-0.05, 0) is 80.2 Å². The van der Waals surface area contributed by atoms with Crippen LogP contribution in [0.5, 0.6) is 0 Å². The van der Waals surface area contributed by atoms with Crippen molar-refractivity contribution < 1.29 is 8.78 Å². The molecule has 0 aromatic heterocycles. The fourth-order valence-corrected chi connectivity index (χ4v) is 3.98. The molecule has 1 aliphatic rings. The fourth-order valence-electron chi connectivity index (χ4n) is 3.98. The quantitative estimate of drug-likeness (QED) is 0.714. The second-order valence-corrected chi connectivity index (χ2v) is 7.27. The maximum Gasteiger partial charge on any atom is 0.123 e. The monoisotopic (exact) mass is 358 g/mol. The van der Waals surface area contributed by atoms with Crippen molar-refractivity contribution in [3.63, 3.8) is 0 Å². The number of rotatable bonds is 7. The first kappa shape index (κ1) is 19.0. The Morgan fingerprint density at radius 2 is 1.35 bits per heavy atom. The van der Waals surface area contributed by atoms with E-state index in [1.165, 1.54) is 49.9 Å². The van der Waals surface area contributed by atoms with E-state index >= 15 is 0 Å². The van der Waals surface area contributed by atoms with Crippen LogP contribution in [-0.2, 0) is 0 Å². The highest BCUT2D eigenvalue weighted by atomic mass is 19.1. The van der Waals surface area contributed by atoms with Crippen LogP contribution in [0.15, 0.2) is 48.5 Å². The molecule has 0 unspecified atom stereocenters. The first-order chi connectivity index (χ1) is 12.7. The standard InChI is InChI=1S/C22H28F2N2/c23-20-8-4-18(5-9-20)22(19-6-10-21(24)11-7-19)26-15-12-17(13-16-26)3-1-2-14-25/h4-11,17,22H,1-3,12-16,25H2. The normalized spacial score (nSPS) is 16.3. The summed E-state index contributed by atoms with van der Waals surface area (Å²) >= 11 is 0. The summed E-state index contributed by atoms with van der Waals surface area (Å²) in [6.45, 7) is 2.79. The molecule has 0 spiro atoms. The molecule has 2 N–H and O–H groups in total. The number of nitrogens with zero attached hydrogens (tertiary/aromatic N) is 1. The average Bonchev–Trinajstić information content (AvgIpc) is 2.66. The number of nitrogens with two attached hydrogens (primary N) is 1. The van der Waals surface area contributed by atoms with Crippen LogP contribution in [0.25, 0.3) is 0 Å². The molecular formula is C22H28F2N2. The topological polar surface area (TPSA) is 29.3 Å². The zero-order chi connectivity index (χ0) is 18.4. The van der Waals surface area contributed by atoms with Crippen molar-refractivity contribution >= 4 is 0 Å². The summed E-state index contributed by atoms with van der Waals surface area (Å²) in [5.41, 5.74) is 7.70. The van der Waals surface area contributed by atoms with E-state index in [4.69, 9.17) is 5.73 Å². The second kappa shape index (κ2) is 9.24. The molecule has 2 aromatic carbocycles. The Labute approximate surface area is 155 Å². The maximum atomic E-state index is 13.4. The van der Waals surface area contributed by atoms with Crippen LogP contribution in [0.1, 0.15) is 49.3 Å². The summed E-state index contributed by atoms with van der Waals surface area (Å²) in [5, 5.41) is 0. The van der Waals surface area contributed by atoms with Gasteiger partial charge in [0.05, 0.1) is 6.04 Å². The predicted molar refractivity (Wildman–Crippen MR) is 102 cm³/mol. The van der Waals surface area contributed by atoms with E-state index in [0.717, 1.165) is 43.1 Å². The van der Waals surface area contributed by atoms with Gasteiger partial charge in [0.1, 0.15) is 11.6 Å². The molecule has 3 rings (SSSR count). The lowest BCUT2D eigenvalue weighted by Crippen LogP contribution is -2.37. The maximum absolute atomic E-state index is 13.4. The van der Waals surface area contributed by atoms with Crippen LogP contribution in [0, 0.1) is 17.6 Å². The molecule has 0 saturated carbocycles. The summed E-state index contributed by atoms with van der Waals surface area (Å²) < 4.78 is 26.7. The van der Waals surface area contributed by atoms with Gasteiger partial charge in [0, 0.05) is 0 Å². The van der Waals surface area contributed by atoms with Crippen molar-refractivity contribution in [2.75, 3.05) is 19.6 Å². The van der Waals surface area contributed by atoms with Crippen molar-refractivity contribution in [3.8, 4) is 0 Å². The van der Waals surface area contributed by atoms with Crippen molar-refractivity contribution in [2.45, 2.75) is 38.1 Å². The van der Waals surface area contributed by atoms with E-state index in [1.807, 2.05) is 24.3 Å². The molecule has 1 saturated heterocycles. The highest BCUT2D eigenvalue weighted by Gasteiger charge is 2.27. The SMILES string of the molecule is NCCCCC1CCN(C(c2ccc(F)cc2)c2ccc(F)cc2)CC1. The lowest BCUT2D eigenvalue weighted by Gasteiger charge is -2.38. The van der Waals surface area contributed by atoms with E-state index < -0.39 is 0 Å². The molecule has 4 heteroatoms. The van der Waals surface area contributed by atoms with Crippen LogP contribution in [0.3, 0.4) is 0 Å².